The van der Waals surface area contributed by atoms with E-state index in [1.54, 1.807) is 18.2 Å². The lowest BCUT2D eigenvalue weighted by molar-refractivity contribution is 0.0693. The molecule has 3 N–H and O–H groups in total. The first-order valence-electron chi connectivity index (χ1n) is 7.85. The molecule has 25 heavy (non-hydrogen) atoms. The van der Waals surface area contributed by atoms with Crippen molar-refractivity contribution in [3.63, 3.8) is 0 Å². The summed E-state index contributed by atoms with van der Waals surface area (Å²) in [6.07, 6.45) is 0. The van der Waals surface area contributed by atoms with E-state index in [9.17, 15) is 20.1 Å². The van der Waals surface area contributed by atoms with Crippen LogP contribution >= 0.6 is 0 Å². The van der Waals surface area contributed by atoms with E-state index in [-0.39, 0.29) is 17.1 Å². The maximum atomic E-state index is 11.4. The Balaban J connectivity index is 2.27. The zero-order valence-electron chi connectivity index (χ0n) is 13.7. The van der Waals surface area contributed by atoms with Crippen molar-refractivity contribution in [2.75, 3.05) is 0 Å². The van der Waals surface area contributed by atoms with Crippen LogP contribution in [0.15, 0.2) is 72.8 Å². The van der Waals surface area contributed by atoms with Gasteiger partial charge in [0, 0.05) is 5.41 Å². The third-order valence-electron chi connectivity index (χ3n) is 4.60. The van der Waals surface area contributed by atoms with Crippen LogP contribution in [0.1, 0.15) is 34.0 Å². The second-order valence-corrected chi connectivity index (χ2v) is 6.07. The van der Waals surface area contributed by atoms with Crippen molar-refractivity contribution in [2.45, 2.75) is 12.3 Å². The summed E-state index contributed by atoms with van der Waals surface area (Å²) in [7, 11) is 0. The van der Waals surface area contributed by atoms with Gasteiger partial charge >= 0.3 is 5.97 Å². The Bertz CT molecular complexity index is 901. The molecule has 0 aliphatic heterocycles. The van der Waals surface area contributed by atoms with Gasteiger partial charge in [-0.3, -0.25) is 0 Å². The molecule has 0 bridgehead atoms. The van der Waals surface area contributed by atoms with Crippen molar-refractivity contribution in [2.24, 2.45) is 0 Å². The number of phenols is 2. The molecule has 0 amide bonds. The molecule has 126 valence electrons. The molecule has 4 heteroatoms. The molecular weight excluding hydrogens is 316 g/mol. The lowest BCUT2D eigenvalue weighted by atomic mass is 9.71. The predicted octanol–water partition coefficient (Wildman–Crippen LogP) is 4.15. The summed E-state index contributed by atoms with van der Waals surface area (Å²) in [6, 6.07) is 21.2. The maximum absolute atomic E-state index is 11.4. The fraction of sp³-hybridized carbons (Fsp3) is 0.0952. The molecule has 0 spiro atoms. The van der Waals surface area contributed by atoms with E-state index in [1.807, 2.05) is 49.4 Å². The van der Waals surface area contributed by atoms with Crippen molar-refractivity contribution >= 4 is 5.97 Å². The Hall–Kier alpha value is -3.27. The van der Waals surface area contributed by atoms with Gasteiger partial charge in [0.2, 0.25) is 0 Å². The van der Waals surface area contributed by atoms with Crippen LogP contribution in [0.2, 0.25) is 0 Å². The smallest absolute Gasteiger partial charge is 0.339 e. The van der Waals surface area contributed by atoms with Crippen LogP contribution in [0, 0.1) is 0 Å². The number of phenolic OH excluding ortho intramolecular Hbond substituents is 1. The van der Waals surface area contributed by atoms with Crippen LogP contribution in [-0.4, -0.2) is 21.3 Å². The average molecular weight is 334 g/mol. The van der Waals surface area contributed by atoms with Gasteiger partial charge < -0.3 is 15.3 Å². The van der Waals surface area contributed by atoms with E-state index in [0.717, 1.165) is 16.7 Å². The van der Waals surface area contributed by atoms with Crippen molar-refractivity contribution in [3.8, 4) is 11.5 Å². The zero-order chi connectivity index (χ0) is 18.0. The Kier molecular flexibility index (Phi) is 4.19. The lowest BCUT2D eigenvalue weighted by Gasteiger charge is -2.32. The minimum absolute atomic E-state index is 0.140. The van der Waals surface area contributed by atoms with Gasteiger partial charge in [-0.1, -0.05) is 48.5 Å². The molecule has 0 aliphatic carbocycles. The Labute approximate surface area is 145 Å². The minimum Gasteiger partial charge on any atom is -0.508 e. The van der Waals surface area contributed by atoms with Crippen molar-refractivity contribution in [1.82, 2.24) is 0 Å². The number of rotatable bonds is 4. The first-order valence-corrected chi connectivity index (χ1v) is 7.85. The summed E-state index contributed by atoms with van der Waals surface area (Å²) < 4.78 is 0. The van der Waals surface area contributed by atoms with Crippen molar-refractivity contribution < 1.29 is 20.1 Å². The highest BCUT2D eigenvalue weighted by atomic mass is 16.4. The van der Waals surface area contributed by atoms with Crippen molar-refractivity contribution in [1.29, 1.82) is 0 Å². The van der Waals surface area contributed by atoms with E-state index in [4.69, 9.17) is 0 Å². The fourth-order valence-electron chi connectivity index (χ4n) is 3.08. The van der Waals surface area contributed by atoms with E-state index in [1.165, 1.54) is 12.1 Å². The summed E-state index contributed by atoms with van der Waals surface area (Å²) in [5, 5.41) is 28.8. The zero-order valence-corrected chi connectivity index (χ0v) is 13.7. The highest BCUT2D eigenvalue weighted by molar-refractivity contribution is 5.91. The van der Waals surface area contributed by atoms with Crippen LogP contribution in [0.4, 0.5) is 0 Å². The molecule has 0 radical (unpaired) electrons. The number of carboxylic acid groups (broad SMARTS) is 1. The SMILES string of the molecule is CC(c1ccccc1)(c1ccc(O)cc1)c1ccc(O)c(C(=O)O)c1. The van der Waals surface area contributed by atoms with Crippen molar-refractivity contribution in [3.05, 3.63) is 95.1 Å². The van der Waals surface area contributed by atoms with Gasteiger partial charge in [-0.25, -0.2) is 4.79 Å². The third-order valence-corrected chi connectivity index (χ3v) is 4.60. The number of aromatic hydroxyl groups is 2. The second-order valence-electron chi connectivity index (χ2n) is 6.07. The molecule has 1 atom stereocenters. The largest absolute Gasteiger partial charge is 0.508 e. The summed E-state index contributed by atoms with van der Waals surface area (Å²) in [4.78, 5) is 11.4. The van der Waals surface area contributed by atoms with Crippen LogP contribution in [-0.2, 0) is 5.41 Å². The van der Waals surface area contributed by atoms with Crippen LogP contribution < -0.4 is 0 Å². The molecule has 0 saturated heterocycles. The lowest BCUT2D eigenvalue weighted by Crippen LogP contribution is -2.25. The third kappa shape index (κ3) is 2.94. The highest BCUT2D eigenvalue weighted by Gasteiger charge is 2.32. The summed E-state index contributed by atoms with van der Waals surface area (Å²) in [6.45, 7) is 1.99. The second kappa shape index (κ2) is 6.32. The molecule has 4 nitrogen and oxygen atoms in total. The topological polar surface area (TPSA) is 77.8 Å². The number of aromatic carboxylic acids is 1. The highest BCUT2D eigenvalue weighted by Crippen LogP contribution is 2.40. The average Bonchev–Trinajstić information content (AvgIpc) is 2.62. The molecular formula is C21H18O4. The summed E-state index contributed by atoms with van der Waals surface area (Å²) in [5.74, 6) is -1.28. The number of hydrogen-bond donors (Lipinski definition) is 3. The fourth-order valence-corrected chi connectivity index (χ4v) is 3.08. The molecule has 3 aromatic carbocycles. The molecule has 1 unspecified atom stereocenters. The van der Waals surface area contributed by atoms with Gasteiger partial charge in [0.05, 0.1) is 0 Å². The minimum atomic E-state index is -1.18. The van der Waals surface area contributed by atoms with Gasteiger partial charge in [-0.2, -0.15) is 0 Å². The number of benzene rings is 3. The number of carbonyl (C=O) groups is 1. The standard InChI is InChI=1S/C21H18O4/c1-21(14-5-3-2-4-6-14,15-7-10-17(22)11-8-15)16-9-12-19(23)18(13-16)20(24)25/h2-13,22-23H,1H3,(H,24,25). The Morgan fingerprint density at radius 1 is 0.800 bits per heavy atom. The van der Waals surface area contributed by atoms with E-state index < -0.39 is 11.4 Å². The van der Waals surface area contributed by atoms with Gasteiger partial charge in [0.15, 0.2) is 0 Å². The Morgan fingerprint density at radius 2 is 1.36 bits per heavy atom. The molecule has 3 aromatic rings. The Morgan fingerprint density at radius 3 is 1.96 bits per heavy atom. The predicted molar refractivity (Wildman–Crippen MR) is 95.2 cm³/mol. The first kappa shape index (κ1) is 16.6. The molecule has 0 aliphatic rings. The monoisotopic (exact) mass is 334 g/mol. The van der Waals surface area contributed by atoms with Gasteiger partial charge in [0.1, 0.15) is 17.1 Å². The van der Waals surface area contributed by atoms with E-state index in [0.29, 0.717) is 0 Å². The van der Waals surface area contributed by atoms with Crippen LogP contribution in [0.5, 0.6) is 11.5 Å². The molecule has 0 saturated carbocycles. The van der Waals surface area contributed by atoms with Gasteiger partial charge in [0.25, 0.3) is 0 Å². The normalized spacial score (nSPS) is 13.2. The first-order chi connectivity index (χ1) is 11.9. The molecule has 0 aromatic heterocycles. The maximum Gasteiger partial charge on any atom is 0.339 e. The van der Waals surface area contributed by atoms with E-state index >= 15 is 0 Å². The molecule has 0 heterocycles. The van der Waals surface area contributed by atoms with Gasteiger partial charge in [-0.05, 0) is 47.9 Å². The molecule has 0 fully saturated rings. The quantitative estimate of drug-likeness (QED) is 0.626. The number of hydrogen-bond acceptors (Lipinski definition) is 3. The number of carboxylic acids is 1. The summed E-state index contributed by atoms with van der Waals surface area (Å²) in [5.41, 5.74) is 1.83. The van der Waals surface area contributed by atoms with Crippen LogP contribution in [0.25, 0.3) is 0 Å². The summed E-state index contributed by atoms with van der Waals surface area (Å²) >= 11 is 0. The van der Waals surface area contributed by atoms with Crippen LogP contribution in [0.3, 0.4) is 0 Å². The molecule has 3 rings (SSSR count). The van der Waals surface area contributed by atoms with Gasteiger partial charge in [-0.15, -0.1) is 0 Å². The van der Waals surface area contributed by atoms with E-state index in [2.05, 4.69) is 0 Å².